The lowest BCUT2D eigenvalue weighted by atomic mass is 9.68. The Kier molecular flexibility index (Phi) is 2.65. The molecule has 18 heavy (non-hydrogen) atoms. The van der Waals surface area contributed by atoms with Crippen LogP contribution in [0.2, 0.25) is 0 Å². The Morgan fingerprint density at radius 2 is 1.89 bits per heavy atom. The molecular weight excluding hydrogens is 224 g/mol. The Balaban J connectivity index is 1.66. The van der Waals surface area contributed by atoms with Crippen molar-refractivity contribution in [3.63, 3.8) is 0 Å². The third-order valence-electron chi connectivity index (χ3n) is 6.09. The summed E-state index contributed by atoms with van der Waals surface area (Å²) in [6, 6.07) is 1.51. The minimum Gasteiger partial charge on any atom is -0.339 e. The highest BCUT2D eigenvalue weighted by molar-refractivity contribution is 5.77. The first-order chi connectivity index (χ1) is 8.84. The molecule has 0 aromatic heterocycles. The third kappa shape index (κ3) is 1.56. The zero-order chi connectivity index (χ0) is 12.1. The van der Waals surface area contributed by atoms with Crippen molar-refractivity contribution in [2.24, 2.45) is 11.8 Å². The summed E-state index contributed by atoms with van der Waals surface area (Å²) in [5, 5.41) is 0. The van der Waals surface area contributed by atoms with E-state index in [1.54, 1.807) is 0 Å². The summed E-state index contributed by atoms with van der Waals surface area (Å²) in [6.07, 6.45) is 8.78. The van der Waals surface area contributed by atoms with E-state index in [1.165, 1.54) is 45.2 Å². The van der Waals surface area contributed by atoms with Crippen molar-refractivity contribution in [1.29, 1.82) is 0 Å². The maximum absolute atomic E-state index is 12.2. The summed E-state index contributed by atoms with van der Waals surface area (Å²) >= 11 is 0. The van der Waals surface area contributed by atoms with Gasteiger partial charge in [-0.2, -0.15) is 0 Å². The van der Waals surface area contributed by atoms with E-state index in [9.17, 15) is 4.79 Å². The number of hydrogen-bond donors (Lipinski definition) is 1. The number of carbonyl (C=O) groups excluding carboxylic acids is 1. The predicted octanol–water partition coefficient (Wildman–Crippen LogP) is 0.455. The van der Waals surface area contributed by atoms with E-state index in [-0.39, 0.29) is 0 Å². The van der Waals surface area contributed by atoms with E-state index >= 15 is 0 Å². The fraction of sp³-hybridized carbons (Fsp3) is 0.933. The molecule has 3 nitrogen and oxygen atoms in total. The number of carbonyl (C=O) groups is 1. The van der Waals surface area contributed by atoms with Crippen molar-refractivity contribution in [3.05, 3.63) is 0 Å². The first kappa shape index (κ1) is 11.3. The second-order valence-corrected chi connectivity index (χ2v) is 6.90. The zero-order valence-corrected chi connectivity index (χ0v) is 11.2. The van der Waals surface area contributed by atoms with Crippen LogP contribution in [0.5, 0.6) is 0 Å². The molecule has 5 atom stereocenters. The molecule has 4 fully saturated rings. The number of hydrogen-bond acceptors (Lipinski definition) is 1. The maximum atomic E-state index is 12.2. The molecule has 0 radical (unpaired) electrons. The lowest BCUT2D eigenvalue weighted by molar-refractivity contribution is -0.946. The highest BCUT2D eigenvalue weighted by Gasteiger charge is 2.52. The SMILES string of the molecule is O=C1CCC[C@@H]2[C@H]3CCC[NH+]4CCC[C@@H](CN12)[C@@H]34. The van der Waals surface area contributed by atoms with Crippen molar-refractivity contribution in [1.82, 2.24) is 4.90 Å². The normalized spacial score (nSPS) is 47.4. The first-order valence-electron chi connectivity index (χ1n) is 7.98. The molecule has 4 heterocycles. The molecule has 1 unspecified atom stereocenters. The number of nitrogens with zero attached hydrogens (tertiary/aromatic N) is 1. The van der Waals surface area contributed by atoms with Gasteiger partial charge < -0.3 is 9.80 Å². The summed E-state index contributed by atoms with van der Waals surface area (Å²) < 4.78 is 0. The lowest BCUT2D eigenvalue weighted by Crippen LogP contribution is -3.20. The average Bonchev–Trinajstić information content (AvgIpc) is 2.41. The quantitative estimate of drug-likeness (QED) is 0.662. The van der Waals surface area contributed by atoms with Crippen molar-refractivity contribution in [2.75, 3.05) is 19.6 Å². The van der Waals surface area contributed by atoms with Gasteiger partial charge in [-0.05, 0) is 38.5 Å². The topological polar surface area (TPSA) is 24.8 Å². The lowest BCUT2D eigenvalue weighted by Gasteiger charge is -2.56. The van der Waals surface area contributed by atoms with Crippen LogP contribution in [-0.4, -0.2) is 42.5 Å². The van der Waals surface area contributed by atoms with Crippen molar-refractivity contribution < 1.29 is 9.69 Å². The molecule has 4 rings (SSSR count). The molecule has 1 amide bonds. The molecule has 0 aromatic carbocycles. The van der Waals surface area contributed by atoms with E-state index in [1.807, 2.05) is 4.90 Å². The van der Waals surface area contributed by atoms with Crippen molar-refractivity contribution >= 4 is 5.91 Å². The minimum atomic E-state index is 0.461. The molecular formula is C15H25N2O+. The van der Waals surface area contributed by atoms with Gasteiger partial charge in [0.1, 0.15) is 0 Å². The number of rotatable bonds is 0. The summed E-state index contributed by atoms with van der Waals surface area (Å²) in [4.78, 5) is 16.4. The molecule has 100 valence electrons. The maximum Gasteiger partial charge on any atom is 0.222 e. The summed E-state index contributed by atoms with van der Waals surface area (Å²) in [6.45, 7) is 3.89. The molecule has 1 N–H and O–H groups in total. The number of piperidine rings is 4. The molecule has 0 saturated carbocycles. The average molecular weight is 249 g/mol. The number of quaternary nitrogens is 1. The fourth-order valence-corrected chi connectivity index (χ4v) is 5.48. The van der Waals surface area contributed by atoms with E-state index in [0.717, 1.165) is 37.3 Å². The van der Waals surface area contributed by atoms with Crippen LogP contribution >= 0.6 is 0 Å². The monoisotopic (exact) mass is 249 g/mol. The van der Waals surface area contributed by atoms with E-state index in [0.29, 0.717) is 11.9 Å². The Morgan fingerprint density at radius 3 is 2.78 bits per heavy atom. The summed E-state index contributed by atoms with van der Waals surface area (Å²) in [7, 11) is 0. The van der Waals surface area contributed by atoms with Crippen molar-refractivity contribution in [2.45, 2.75) is 57.0 Å². The summed E-state index contributed by atoms with van der Waals surface area (Å²) in [5.41, 5.74) is 0. The molecule has 0 aromatic rings. The third-order valence-corrected chi connectivity index (χ3v) is 6.09. The van der Waals surface area contributed by atoms with Gasteiger partial charge in [0.25, 0.3) is 0 Å². The molecule has 4 aliphatic rings. The van der Waals surface area contributed by atoms with E-state index in [2.05, 4.69) is 4.90 Å². The second kappa shape index (κ2) is 4.22. The first-order valence-corrected chi connectivity index (χ1v) is 7.98. The Morgan fingerprint density at radius 1 is 1.06 bits per heavy atom. The number of nitrogens with one attached hydrogen (secondary N) is 1. The molecule has 4 saturated heterocycles. The second-order valence-electron chi connectivity index (χ2n) is 6.90. The largest absolute Gasteiger partial charge is 0.339 e. The van der Waals surface area contributed by atoms with Gasteiger partial charge in [0.05, 0.1) is 19.1 Å². The zero-order valence-electron chi connectivity index (χ0n) is 11.2. The van der Waals surface area contributed by atoms with Crippen LogP contribution in [0.15, 0.2) is 0 Å². The molecule has 3 heteroatoms. The van der Waals surface area contributed by atoms with Crippen LogP contribution in [0.25, 0.3) is 0 Å². The van der Waals surface area contributed by atoms with Crippen LogP contribution in [0.4, 0.5) is 0 Å². The standard InChI is InChI=1S/C15H24N2O/c18-14-7-1-6-13-12-5-3-9-16-8-2-4-11(15(12)16)10-17(13)14/h11-13,15H,1-10H2/p+1/t11-,12+,13+,15-/m0/s1. The predicted molar refractivity (Wildman–Crippen MR) is 69.3 cm³/mol. The Hall–Kier alpha value is -0.570. The summed E-state index contributed by atoms with van der Waals surface area (Å²) in [5.74, 6) is 2.11. The van der Waals surface area contributed by atoms with Crippen LogP contribution in [0, 0.1) is 11.8 Å². The van der Waals surface area contributed by atoms with E-state index in [4.69, 9.17) is 0 Å². The van der Waals surface area contributed by atoms with Gasteiger partial charge in [-0.3, -0.25) is 4.79 Å². The van der Waals surface area contributed by atoms with Crippen LogP contribution in [0.1, 0.15) is 44.9 Å². The van der Waals surface area contributed by atoms with Gasteiger partial charge in [0.2, 0.25) is 5.91 Å². The molecule has 0 spiro atoms. The smallest absolute Gasteiger partial charge is 0.222 e. The van der Waals surface area contributed by atoms with Gasteiger partial charge in [-0.1, -0.05) is 0 Å². The van der Waals surface area contributed by atoms with E-state index < -0.39 is 0 Å². The highest BCUT2D eigenvalue weighted by atomic mass is 16.2. The number of amides is 1. The van der Waals surface area contributed by atoms with Gasteiger partial charge in [-0.25, -0.2) is 0 Å². The van der Waals surface area contributed by atoms with Gasteiger partial charge in [0, 0.05) is 30.8 Å². The van der Waals surface area contributed by atoms with Gasteiger partial charge in [0.15, 0.2) is 0 Å². The van der Waals surface area contributed by atoms with Crippen LogP contribution in [0.3, 0.4) is 0 Å². The van der Waals surface area contributed by atoms with Crippen molar-refractivity contribution in [3.8, 4) is 0 Å². The Bertz CT molecular complexity index is 354. The fourth-order valence-electron chi connectivity index (χ4n) is 5.48. The van der Waals surface area contributed by atoms with Gasteiger partial charge in [-0.15, -0.1) is 0 Å². The molecule has 0 bridgehead atoms. The van der Waals surface area contributed by atoms with Gasteiger partial charge >= 0.3 is 0 Å². The van der Waals surface area contributed by atoms with Crippen LogP contribution in [-0.2, 0) is 4.79 Å². The highest BCUT2D eigenvalue weighted by Crippen LogP contribution is 2.39. The van der Waals surface area contributed by atoms with Crippen LogP contribution < -0.4 is 4.90 Å². The Labute approximate surface area is 110 Å². The molecule has 0 aliphatic carbocycles. The minimum absolute atomic E-state index is 0.461. The number of fused-ring (bicyclic) bond motifs is 2. The molecule has 4 aliphatic heterocycles.